The molecule has 2 unspecified atom stereocenters. The van der Waals surface area contributed by atoms with Crippen LogP contribution in [0.15, 0.2) is 0 Å². The second kappa shape index (κ2) is 9.95. The van der Waals surface area contributed by atoms with Gasteiger partial charge in [0, 0.05) is 20.9 Å². The number of hydrogen-bond donors (Lipinski definition) is 0. The van der Waals surface area contributed by atoms with E-state index in [0.717, 1.165) is 9.75 Å². The van der Waals surface area contributed by atoms with Gasteiger partial charge in [0.1, 0.15) is 0 Å². The lowest BCUT2D eigenvalue weighted by atomic mass is 10.2. The van der Waals surface area contributed by atoms with Crippen LogP contribution in [0.4, 0.5) is 0 Å². The van der Waals surface area contributed by atoms with Gasteiger partial charge >= 0.3 is 0 Å². The minimum Gasteiger partial charge on any atom is -0.418 e. The van der Waals surface area contributed by atoms with Crippen molar-refractivity contribution in [2.24, 2.45) is 0 Å². The van der Waals surface area contributed by atoms with Gasteiger partial charge in [-0.15, -0.1) is 0 Å². The summed E-state index contributed by atoms with van der Waals surface area (Å²) >= 11 is 0. The molecule has 6 heteroatoms. The molecule has 0 bridgehead atoms. The molecule has 0 aromatic carbocycles. The van der Waals surface area contributed by atoms with E-state index in [1.165, 1.54) is 12.8 Å². The van der Waals surface area contributed by atoms with Gasteiger partial charge in [-0.2, -0.15) is 0 Å². The zero-order valence-electron chi connectivity index (χ0n) is 14.6. The smallest absolute Gasteiger partial charge is 0.175 e. The van der Waals surface area contributed by atoms with Crippen LogP contribution in [0.3, 0.4) is 0 Å². The minimum atomic E-state index is -0.454. The molecule has 0 heterocycles. The lowest BCUT2D eigenvalue weighted by molar-refractivity contribution is 0.137. The van der Waals surface area contributed by atoms with Crippen molar-refractivity contribution in [3.8, 4) is 0 Å². The van der Waals surface area contributed by atoms with Gasteiger partial charge in [-0.1, -0.05) is 35.4 Å². The Morgan fingerprint density at radius 1 is 0.750 bits per heavy atom. The monoisotopic (exact) mass is 354 g/mol. The highest BCUT2D eigenvalue weighted by Crippen LogP contribution is 2.34. The Labute approximate surface area is 139 Å². The molecule has 0 amide bonds. The fraction of sp³-hybridized carbons (Fsp3) is 1.00. The summed E-state index contributed by atoms with van der Waals surface area (Å²) in [6.45, 7) is 17.5. The van der Waals surface area contributed by atoms with E-state index in [-0.39, 0.29) is 11.2 Å². The van der Waals surface area contributed by atoms with E-state index in [1.54, 1.807) is 0 Å². The van der Waals surface area contributed by atoms with Crippen molar-refractivity contribution in [2.45, 2.75) is 89.2 Å². The quantitative estimate of drug-likeness (QED) is 0.464. The van der Waals surface area contributed by atoms with Crippen LogP contribution in [0.25, 0.3) is 0 Å². The predicted octanol–water partition coefficient (Wildman–Crippen LogP) is 3.64. The van der Waals surface area contributed by atoms with Crippen molar-refractivity contribution in [1.29, 1.82) is 0 Å². The first-order chi connectivity index (χ1) is 9.07. The van der Waals surface area contributed by atoms with Gasteiger partial charge in [0.2, 0.25) is 0 Å². The van der Waals surface area contributed by atoms with Gasteiger partial charge in [0.25, 0.3) is 0 Å². The Kier molecular flexibility index (Phi) is 10.5. The van der Waals surface area contributed by atoms with Gasteiger partial charge in [-0.3, -0.25) is 0 Å². The van der Waals surface area contributed by atoms with Crippen molar-refractivity contribution in [3.05, 3.63) is 0 Å². The van der Waals surface area contributed by atoms with Crippen LogP contribution in [0, 0.1) is 0 Å². The van der Waals surface area contributed by atoms with E-state index in [9.17, 15) is 0 Å². The predicted molar refractivity (Wildman–Crippen MR) is 102 cm³/mol. The first-order valence-corrected chi connectivity index (χ1v) is 12.7. The van der Waals surface area contributed by atoms with Crippen molar-refractivity contribution >= 4 is 41.1 Å². The van der Waals surface area contributed by atoms with E-state index >= 15 is 0 Å². The molecule has 0 saturated carbocycles. The van der Waals surface area contributed by atoms with E-state index in [4.69, 9.17) is 8.85 Å². The molecule has 0 rings (SSSR count). The first kappa shape index (κ1) is 21.1. The molecule has 0 radical (unpaired) electrons. The third kappa shape index (κ3) is 12.8. The molecule has 0 aromatic rings. The lowest BCUT2D eigenvalue weighted by Gasteiger charge is -2.26. The van der Waals surface area contributed by atoms with Crippen LogP contribution in [-0.2, 0) is 8.85 Å². The highest BCUT2D eigenvalue weighted by Gasteiger charge is 2.19. The maximum Gasteiger partial charge on any atom is 0.175 e. The highest BCUT2D eigenvalue weighted by molar-refractivity contribution is 8.77. The molecule has 0 aliphatic carbocycles. The van der Waals surface area contributed by atoms with Gasteiger partial charge in [0.05, 0.1) is 0 Å². The molecule has 0 aliphatic heterocycles. The summed E-state index contributed by atoms with van der Waals surface area (Å²) in [5.74, 6) is 0. The Balaban J connectivity index is 4.05. The van der Waals surface area contributed by atoms with Crippen molar-refractivity contribution in [3.63, 3.8) is 0 Å². The fourth-order valence-corrected chi connectivity index (χ4v) is 8.73. The molecule has 0 saturated heterocycles. The fourth-order valence-electron chi connectivity index (χ4n) is 1.27. The summed E-state index contributed by atoms with van der Waals surface area (Å²) < 4.78 is 12.1. The average Bonchev–Trinajstić information content (AvgIpc) is 2.30. The molecule has 0 N–H and O–H groups in total. The molecule has 20 heavy (non-hydrogen) atoms. The Hall–Kier alpha value is 1.05. The average molecular weight is 355 g/mol. The Morgan fingerprint density at radius 3 is 1.25 bits per heavy atom. The molecule has 2 nitrogen and oxygen atoms in total. The summed E-state index contributed by atoms with van der Waals surface area (Å²) in [5, 5.41) is 0. The molecule has 0 spiro atoms. The van der Waals surface area contributed by atoms with E-state index < -0.39 is 19.5 Å². The highest BCUT2D eigenvalue weighted by atomic mass is 33.1. The Bertz CT molecular complexity index is 227. The lowest BCUT2D eigenvalue weighted by Crippen LogP contribution is -2.28. The molecule has 122 valence electrons. The van der Waals surface area contributed by atoms with Crippen molar-refractivity contribution in [2.75, 3.05) is 0 Å². The molecule has 0 fully saturated rings. The van der Waals surface area contributed by atoms with Crippen LogP contribution >= 0.6 is 21.6 Å². The zero-order chi connectivity index (χ0) is 15.8. The van der Waals surface area contributed by atoms with Crippen LogP contribution < -0.4 is 0 Å². The van der Waals surface area contributed by atoms with E-state index in [1.807, 2.05) is 0 Å². The minimum absolute atomic E-state index is 0.0269. The third-order valence-electron chi connectivity index (χ3n) is 2.64. The second-order valence-corrected chi connectivity index (χ2v) is 14.4. The van der Waals surface area contributed by atoms with Gasteiger partial charge in [-0.25, -0.2) is 0 Å². The van der Waals surface area contributed by atoms with E-state index in [0.29, 0.717) is 0 Å². The first-order valence-electron chi connectivity index (χ1n) is 7.67. The van der Waals surface area contributed by atoms with Crippen LogP contribution in [0.2, 0.25) is 0 Å². The van der Waals surface area contributed by atoms with Crippen molar-refractivity contribution < 1.29 is 8.85 Å². The number of rotatable bonds is 9. The summed E-state index contributed by atoms with van der Waals surface area (Å²) in [5.41, 5.74) is 0.0538. The standard InChI is InChI=1S/C14H34O2S2Si2/c1-9-11(19-15-13(3,4)5)17-18-12(10-2)20-16-14(6,7)8/h11-12H,9-10,19-20H2,1-8H3. The number of hydrogen-bond acceptors (Lipinski definition) is 4. The topological polar surface area (TPSA) is 18.5 Å². The molecular formula is C14H34O2S2Si2. The van der Waals surface area contributed by atoms with Gasteiger partial charge < -0.3 is 8.85 Å². The maximum absolute atomic E-state index is 6.05. The summed E-state index contributed by atoms with van der Waals surface area (Å²) in [6.07, 6.45) is 2.44. The SMILES string of the molecule is CCC([SiH2]OC(C)(C)C)SSC(CC)[SiH2]OC(C)(C)C. The van der Waals surface area contributed by atoms with Gasteiger partial charge in [0.15, 0.2) is 19.5 Å². The summed E-state index contributed by atoms with van der Waals surface area (Å²) in [7, 11) is 3.20. The molecule has 0 aromatic heterocycles. The zero-order valence-corrected chi connectivity index (χ0v) is 19.1. The Morgan fingerprint density at radius 2 is 1.05 bits per heavy atom. The van der Waals surface area contributed by atoms with Crippen molar-refractivity contribution in [1.82, 2.24) is 0 Å². The summed E-state index contributed by atoms with van der Waals surface area (Å²) in [4.78, 5) is 1.44. The normalized spacial score (nSPS) is 17.4. The molecule has 2 atom stereocenters. The largest absolute Gasteiger partial charge is 0.418 e. The third-order valence-corrected chi connectivity index (χ3v) is 13.2. The second-order valence-electron chi connectivity index (χ2n) is 7.10. The summed E-state index contributed by atoms with van der Waals surface area (Å²) in [6, 6.07) is 0. The van der Waals surface area contributed by atoms with E-state index in [2.05, 4.69) is 77.0 Å². The molecular weight excluding hydrogens is 320 g/mol. The van der Waals surface area contributed by atoms with Crippen LogP contribution in [0.1, 0.15) is 68.2 Å². The molecule has 0 aliphatic rings. The van der Waals surface area contributed by atoms with Crippen LogP contribution in [-0.4, -0.2) is 40.5 Å². The van der Waals surface area contributed by atoms with Crippen LogP contribution in [0.5, 0.6) is 0 Å². The maximum atomic E-state index is 6.05. The van der Waals surface area contributed by atoms with Gasteiger partial charge in [-0.05, 0) is 54.4 Å².